The van der Waals surface area contributed by atoms with E-state index in [1.54, 1.807) is 18.3 Å². The Hall–Kier alpha value is -2.25. The van der Waals surface area contributed by atoms with Gasteiger partial charge in [0.05, 0.1) is 6.54 Å². The number of likely N-dealkylation sites (tertiary alicyclic amines) is 1. The Morgan fingerprint density at radius 3 is 2.64 bits per heavy atom. The zero-order chi connectivity index (χ0) is 17.8. The number of hydrogen-bond acceptors (Lipinski definition) is 4. The number of aryl methyl sites for hydroxylation is 1. The smallest absolute Gasteiger partial charge is 0.238 e. The Morgan fingerprint density at radius 2 is 2.04 bits per heavy atom. The fourth-order valence-electron chi connectivity index (χ4n) is 3.24. The number of nitrogens with one attached hydrogen (secondary N) is 1. The third-order valence-electron chi connectivity index (χ3n) is 4.70. The SMILES string of the molecule is Cn1ccnc1C(O)C1CCN(CC(=O)Nc2ccc(F)cc2)CC1. The van der Waals surface area contributed by atoms with E-state index in [4.69, 9.17) is 0 Å². The number of anilines is 1. The maximum Gasteiger partial charge on any atom is 0.238 e. The highest BCUT2D eigenvalue weighted by molar-refractivity contribution is 5.92. The molecule has 25 heavy (non-hydrogen) atoms. The maximum absolute atomic E-state index is 12.9. The molecular formula is C18H23FN4O2. The number of amides is 1. The molecule has 6 nitrogen and oxygen atoms in total. The monoisotopic (exact) mass is 346 g/mol. The van der Waals surface area contributed by atoms with Crippen molar-refractivity contribution in [2.75, 3.05) is 25.0 Å². The molecule has 1 aromatic heterocycles. The predicted molar refractivity (Wildman–Crippen MR) is 92.4 cm³/mol. The minimum absolute atomic E-state index is 0.116. The van der Waals surface area contributed by atoms with E-state index in [0.29, 0.717) is 18.1 Å². The summed E-state index contributed by atoms with van der Waals surface area (Å²) in [5, 5.41) is 13.3. The quantitative estimate of drug-likeness (QED) is 0.868. The number of rotatable bonds is 5. The summed E-state index contributed by atoms with van der Waals surface area (Å²) < 4.78 is 14.7. The largest absolute Gasteiger partial charge is 0.385 e. The molecule has 0 bridgehead atoms. The van der Waals surface area contributed by atoms with Gasteiger partial charge < -0.3 is 15.0 Å². The minimum Gasteiger partial charge on any atom is -0.385 e. The highest BCUT2D eigenvalue weighted by atomic mass is 19.1. The second kappa shape index (κ2) is 7.76. The van der Waals surface area contributed by atoms with Crippen molar-refractivity contribution >= 4 is 11.6 Å². The first kappa shape index (κ1) is 17.6. The van der Waals surface area contributed by atoms with E-state index >= 15 is 0 Å². The highest BCUT2D eigenvalue weighted by Gasteiger charge is 2.28. The number of imidazole rings is 1. The van der Waals surface area contributed by atoms with Crippen LogP contribution in [-0.4, -0.2) is 45.1 Å². The van der Waals surface area contributed by atoms with E-state index in [0.717, 1.165) is 25.9 Å². The fraction of sp³-hybridized carbons (Fsp3) is 0.444. The number of piperidine rings is 1. The van der Waals surface area contributed by atoms with Crippen LogP contribution in [0.1, 0.15) is 24.8 Å². The summed E-state index contributed by atoms with van der Waals surface area (Å²) in [6.07, 6.45) is 4.58. The van der Waals surface area contributed by atoms with Crippen LogP contribution in [0.15, 0.2) is 36.7 Å². The number of aromatic nitrogens is 2. The topological polar surface area (TPSA) is 70.4 Å². The van der Waals surface area contributed by atoms with Gasteiger partial charge in [0.2, 0.25) is 5.91 Å². The van der Waals surface area contributed by atoms with Crippen LogP contribution in [0, 0.1) is 11.7 Å². The maximum atomic E-state index is 12.9. The molecule has 1 unspecified atom stereocenters. The number of halogens is 1. The third kappa shape index (κ3) is 4.43. The summed E-state index contributed by atoms with van der Waals surface area (Å²) in [6, 6.07) is 5.73. The molecule has 134 valence electrons. The Balaban J connectivity index is 1.46. The molecular weight excluding hydrogens is 323 g/mol. The van der Waals surface area contributed by atoms with Crippen LogP contribution in [-0.2, 0) is 11.8 Å². The van der Waals surface area contributed by atoms with E-state index in [2.05, 4.69) is 15.2 Å². The van der Waals surface area contributed by atoms with Crippen molar-refractivity contribution in [3.8, 4) is 0 Å². The lowest BCUT2D eigenvalue weighted by Gasteiger charge is -2.33. The van der Waals surface area contributed by atoms with Crippen LogP contribution in [0.2, 0.25) is 0 Å². The molecule has 2 aromatic rings. The molecule has 1 aromatic carbocycles. The normalized spacial score (nSPS) is 17.4. The standard InChI is InChI=1S/C18H23FN4O2/c1-22-11-8-20-18(22)17(25)13-6-9-23(10-7-13)12-16(24)21-15-4-2-14(19)3-5-15/h2-5,8,11,13,17,25H,6-7,9-10,12H2,1H3,(H,21,24). The average molecular weight is 346 g/mol. The number of carbonyl (C=O) groups excluding carboxylic acids is 1. The fourth-order valence-corrected chi connectivity index (χ4v) is 3.24. The molecule has 1 atom stereocenters. The molecule has 1 saturated heterocycles. The van der Waals surface area contributed by atoms with Crippen molar-refractivity contribution in [3.05, 3.63) is 48.3 Å². The Bertz CT molecular complexity index is 708. The van der Waals surface area contributed by atoms with E-state index in [1.807, 2.05) is 17.8 Å². The van der Waals surface area contributed by atoms with Gasteiger partial charge in [-0.3, -0.25) is 9.69 Å². The van der Waals surface area contributed by atoms with Gasteiger partial charge in [-0.15, -0.1) is 0 Å². The van der Waals surface area contributed by atoms with Crippen molar-refractivity contribution in [2.45, 2.75) is 18.9 Å². The van der Waals surface area contributed by atoms with Crippen LogP contribution in [0.5, 0.6) is 0 Å². The van der Waals surface area contributed by atoms with Crippen molar-refractivity contribution in [1.82, 2.24) is 14.5 Å². The first-order chi connectivity index (χ1) is 12.0. The van der Waals surface area contributed by atoms with Gasteiger partial charge in [-0.2, -0.15) is 0 Å². The molecule has 0 saturated carbocycles. The van der Waals surface area contributed by atoms with E-state index < -0.39 is 6.10 Å². The van der Waals surface area contributed by atoms with Crippen molar-refractivity contribution in [3.63, 3.8) is 0 Å². The summed E-state index contributed by atoms with van der Waals surface area (Å²) in [4.78, 5) is 18.4. The number of aliphatic hydroxyl groups is 1. The zero-order valence-electron chi connectivity index (χ0n) is 14.2. The lowest BCUT2D eigenvalue weighted by atomic mass is 9.90. The van der Waals surface area contributed by atoms with Gasteiger partial charge in [-0.1, -0.05) is 0 Å². The van der Waals surface area contributed by atoms with Gasteiger partial charge in [0.1, 0.15) is 17.7 Å². The molecule has 1 amide bonds. The van der Waals surface area contributed by atoms with Crippen molar-refractivity contribution in [1.29, 1.82) is 0 Å². The van der Waals surface area contributed by atoms with Crippen LogP contribution >= 0.6 is 0 Å². The summed E-state index contributed by atoms with van der Waals surface area (Å²) >= 11 is 0. The molecule has 2 heterocycles. The van der Waals surface area contributed by atoms with Gasteiger partial charge in [-0.25, -0.2) is 9.37 Å². The average Bonchev–Trinajstić information content (AvgIpc) is 3.03. The number of nitrogens with zero attached hydrogens (tertiary/aromatic N) is 3. The minimum atomic E-state index is -0.574. The number of benzene rings is 1. The number of hydrogen-bond donors (Lipinski definition) is 2. The molecule has 0 radical (unpaired) electrons. The van der Waals surface area contributed by atoms with E-state index in [9.17, 15) is 14.3 Å². The van der Waals surface area contributed by atoms with E-state index in [-0.39, 0.29) is 17.6 Å². The van der Waals surface area contributed by atoms with Crippen molar-refractivity contribution < 1.29 is 14.3 Å². The van der Waals surface area contributed by atoms with Crippen molar-refractivity contribution in [2.24, 2.45) is 13.0 Å². The Labute approximate surface area is 146 Å². The molecule has 0 spiro atoms. The second-order valence-electron chi connectivity index (χ2n) is 6.51. The zero-order valence-corrected chi connectivity index (χ0v) is 14.2. The summed E-state index contributed by atoms with van der Waals surface area (Å²) in [7, 11) is 1.88. The first-order valence-corrected chi connectivity index (χ1v) is 8.46. The number of aliphatic hydroxyl groups excluding tert-OH is 1. The molecule has 1 fully saturated rings. The molecule has 3 rings (SSSR count). The van der Waals surface area contributed by atoms with Gasteiger partial charge in [0.15, 0.2) is 0 Å². The van der Waals surface area contributed by atoms with Gasteiger partial charge in [0, 0.05) is 25.1 Å². The second-order valence-corrected chi connectivity index (χ2v) is 6.51. The number of carbonyl (C=O) groups is 1. The molecule has 2 N–H and O–H groups in total. The lowest BCUT2D eigenvalue weighted by molar-refractivity contribution is -0.117. The highest BCUT2D eigenvalue weighted by Crippen LogP contribution is 2.29. The summed E-state index contributed by atoms with van der Waals surface area (Å²) in [5.41, 5.74) is 0.589. The molecule has 1 aliphatic heterocycles. The third-order valence-corrected chi connectivity index (χ3v) is 4.70. The van der Waals surface area contributed by atoms with Crippen LogP contribution in [0.25, 0.3) is 0 Å². The van der Waals surface area contributed by atoms with Crippen LogP contribution in [0.3, 0.4) is 0 Å². The lowest BCUT2D eigenvalue weighted by Crippen LogP contribution is -2.40. The molecule has 7 heteroatoms. The van der Waals surface area contributed by atoms with E-state index in [1.165, 1.54) is 12.1 Å². The van der Waals surface area contributed by atoms with Crippen LogP contribution < -0.4 is 5.32 Å². The van der Waals surface area contributed by atoms with Gasteiger partial charge in [0.25, 0.3) is 0 Å². The predicted octanol–water partition coefficient (Wildman–Crippen LogP) is 1.94. The van der Waals surface area contributed by atoms with Crippen LogP contribution in [0.4, 0.5) is 10.1 Å². The first-order valence-electron chi connectivity index (χ1n) is 8.46. The Kier molecular flexibility index (Phi) is 5.45. The molecule has 1 aliphatic rings. The summed E-state index contributed by atoms with van der Waals surface area (Å²) in [6.45, 7) is 1.80. The Morgan fingerprint density at radius 1 is 1.36 bits per heavy atom. The van der Waals surface area contributed by atoms with Gasteiger partial charge in [-0.05, 0) is 56.1 Å². The molecule has 0 aliphatic carbocycles. The van der Waals surface area contributed by atoms with Gasteiger partial charge >= 0.3 is 0 Å². The summed E-state index contributed by atoms with van der Waals surface area (Å²) in [5.74, 6) is 0.395.